The fourth-order valence-electron chi connectivity index (χ4n) is 3.32. The highest BCUT2D eigenvalue weighted by Crippen LogP contribution is 2.31. The number of hydrogen-bond donors (Lipinski definition) is 1. The lowest BCUT2D eigenvalue weighted by Gasteiger charge is -2.27. The average Bonchev–Trinajstić information content (AvgIpc) is 3.31. The maximum Gasteiger partial charge on any atom is 0.275 e. The first kappa shape index (κ1) is 23.3. The number of nitrogens with one attached hydrogen (secondary N) is 1. The van der Waals surface area contributed by atoms with Crippen molar-refractivity contribution < 1.29 is 27.1 Å². The van der Waals surface area contributed by atoms with Gasteiger partial charge in [-0.3, -0.25) is 4.79 Å². The number of thiazole rings is 1. The van der Waals surface area contributed by atoms with Crippen LogP contribution in [0.5, 0.6) is 5.75 Å². The van der Waals surface area contributed by atoms with E-state index in [4.69, 9.17) is 9.47 Å². The lowest BCUT2D eigenvalue weighted by Crippen LogP contribution is -2.40. The Labute approximate surface area is 195 Å². The Kier molecular flexibility index (Phi) is 7.03. The number of ether oxygens (including phenoxy) is 2. The van der Waals surface area contributed by atoms with Crippen LogP contribution in [-0.4, -0.2) is 56.5 Å². The minimum Gasteiger partial charge on any atom is -0.492 e. The number of sulfonamides is 1. The highest BCUT2D eigenvalue weighted by atomic mass is 32.2. The number of aromatic nitrogens is 1. The monoisotopic (exact) mass is 491 g/mol. The Morgan fingerprint density at radius 3 is 2.73 bits per heavy atom. The molecule has 0 spiro atoms. The number of morpholine rings is 1. The van der Waals surface area contributed by atoms with Gasteiger partial charge in [0.25, 0.3) is 5.91 Å². The average molecular weight is 492 g/mol. The molecule has 1 aliphatic rings. The van der Waals surface area contributed by atoms with Gasteiger partial charge in [0.2, 0.25) is 10.0 Å². The van der Waals surface area contributed by atoms with Gasteiger partial charge in [0.05, 0.1) is 19.8 Å². The third kappa shape index (κ3) is 5.06. The first-order valence-electron chi connectivity index (χ1n) is 10.3. The molecule has 2 heterocycles. The summed E-state index contributed by atoms with van der Waals surface area (Å²) in [6.45, 7) is 3.15. The van der Waals surface area contributed by atoms with Crippen LogP contribution in [0.1, 0.15) is 17.4 Å². The molecule has 0 atom stereocenters. The third-order valence-corrected chi connectivity index (χ3v) is 7.73. The number of rotatable bonds is 7. The summed E-state index contributed by atoms with van der Waals surface area (Å²) in [5.74, 6) is -0.756. The molecule has 0 saturated carbocycles. The fourth-order valence-corrected chi connectivity index (χ4v) is 5.71. The predicted molar refractivity (Wildman–Crippen MR) is 123 cm³/mol. The van der Waals surface area contributed by atoms with E-state index in [9.17, 15) is 17.6 Å². The molecule has 11 heteroatoms. The minimum absolute atomic E-state index is 0.0330. The highest BCUT2D eigenvalue weighted by molar-refractivity contribution is 7.89. The summed E-state index contributed by atoms with van der Waals surface area (Å²) < 4.78 is 52.6. The van der Waals surface area contributed by atoms with E-state index >= 15 is 0 Å². The molecular formula is C22H22FN3O5S2. The number of anilines is 1. The van der Waals surface area contributed by atoms with Crippen LogP contribution in [0.15, 0.2) is 52.7 Å². The molecule has 1 aliphatic heterocycles. The van der Waals surface area contributed by atoms with E-state index in [1.165, 1.54) is 27.9 Å². The molecule has 1 saturated heterocycles. The lowest BCUT2D eigenvalue weighted by atomic mass is 10.2. The molecule has 3 aromatic rings. The topological polar surface area (TPSA) is 97.8 Å². The zero-order valence-electron chi connectivity index (χ0n) is 17.8. The van der Waals surface area contributed by atoms with Gasteiger partial charge < -0.3 is 14.8 Å². The normalized spacial score (nSPS) is 14.7. The molecule has 1 fully saturated rings. The molecule has 0 aliphatic carbocycles. The standard InChI is InChI=1S/C22H22FN3O5S2/c1-2-31-19-8-7-15(13-20(19)33(28,29)26-9-11-30-12-10-26)24-21(27)18-14-32-22(25-18)16-5-3-4-6-17(16)23/h3-8,13-14H,2,9-12H2,1H3,(H,24,27). The molecule has 2 aromatic carbocycles. The Balaban J connectivity index is 1.59. The van der Waals surface area contributed by atoms with Gasteiger partial charge in [-0.25, -0.2) is 17.8 Å². The van der Waals surface area contributed by atoms with Crippen LogP contribution in [-0.2, 0) is 14.8 Å². The van der Waals surface area contributed by atoms with Crippen molar-refractivity contribution in [2.75, 3.05) is 38.2 Å². The second-order valence-electron chi connectivity index (χ2n) is 7.08. The van der Waals surface area contributed by atoms with Crippen molar-refractivity contribution in [3.63, 3.8) is 0 Å². The van der Waals surface area contributed by atoms with E-state index in [1.54, 1.807) is 31.2 Å². The Hall–Kier alpha value is -2.86. The number of carbonyl (C=O) groups is 1. The molecule has 1 aromatic heterocycles. The van der Waals surface area contributed by atoms with E-state index in [2.05, 4.69) is 10.3 Å². The van der Waals surface area contributed by atoms with Crippen molar-refractivity contribution in [2.24, 2.45) is 0 Å². The zero-order chi connectivity index (χ0) is 23.4. The summed E-state index contributed by atoms with van der Waals surface area (Å²) in [5.41, 5.74) is 0.682. The van der Waals surface area contributed by atoms with Crippen molar-refractivity contribution in [2.45, 2.75) is 11.8 Å². The molecule has 1 N–H and O–H groups in total. The summed E-state index contributed by atoms with van der Waals surface area (Å²) in [6.07, 6.45) is 0. The number of carbonyl (C=O) groups excluding carboxylic acids is 1. The highest BCUT2D eigenvalue weighted by Gasteiger charge is 2.30. The van der Waals surface area contributed by atoms with Crippen LogP contribution in [0, 0.1) is 5.82 Å². The number of halogens is 1. The van der Waals surface area contributed by atoms with Crippen molar-refractivity contribution in [3.05, 3.63) is 59.4 Å². The van der Waals surface area contributed by atoms with E-state index in [0.29, 0.717) is 23.8 Å². The lowest BCUT2D eigenvalue weighted by molar-refractivity contribution is 0.0729. The van der Waals surface area contributed by atoms with Crippen molar-refractivity contribution >= 4 is 33.0 Å². The van der Waals surface area contributed by atoms with E-state index in [-0.39, 0.29) is 41.7 Å². The maximum atomic E-state index is 14.0. The van der Waals surface area contributed by atoms with Gasteiger partial charge >= 0.3 is 0 Å². The minimum atomic E-state index is -3.85. The molecule has 174 valence electrons. The summed E-state index contributed by atoms with van der Waals surface area (Å²) in [7, 11) is -3.85. The molecule has 4 rings (SSSR count). The van der Waals surface area contributed by atoms with Gasteiger partial charge in [-0.05, 0) is 37.3 Å². The van der Waals surface area contributed by atoms with Crippen LogP contribution < -0.4 is 10.1 Å². The Morgan fingerprint density at radius 2 is 2.00 bits per heavy atom. The number of nitrogens with zero attached hydrogens (tertiary/aromatic N) is 2. The van der Waals surface area contributed by atoms with Crippen LogP contribution in [0.2, 0.25) is 0 Å². The summed E-state index contributed by atoms with van der Waals surface area (Å²) in [6, 6.07) is 10.6. The van der Waals surface area contributed by atoms with Crippen LogP contribution in [0.25, 0.3) is 10.6 Å². The molecule has 1 amide bonds. The number of benzene rings is 2. The van der Waals surface area contributed by atoms with Gasteiger partial charge in [0.15, 0.2) is 0 Å². The van der Waals surface area contributed by atoms with Crippen LogP contribution in [0.4, 0.5) is 10.1 Å². The van der Waals surface area contributed by atoms with Gasteiger partial charge in [-0.1, -0.05) is 12.1 Å². The first-order chi connectivity index (χ1) is 15.9. The molecule has 33 heavy (non-hydrogen) atoms. The van der Waals surface area contributed by atoms with Gasteiger partial charge in [-0.15, -0.1) is 11.3 Å². The van der Waals surface area contributed by atoms with Crippen molar-refractivity contribution in [1.82, 2.24) is 9.29 Å². The van der Waals surface area contributed by atoms with Gasteiger partial charge in [-0.2, -0.15) is 4.31 Å². The fraction of sp³-hybridized carbons (Fsp3) is 0.273. The molecule has 8 nitrogen and oxygen atoms in total. The third-order valence-electron chi connectivity index (χ3n) is 4.93. The van der Waals surface area contributed by atoms with Gasteiger partial charge in [0.1, 0.15) is 27.2 Å². The summed E-state index contributed by atoms with van der Waals surface area (Å²) in [5, 5.41) is 4.57. The Morgan fingerprint density at radius 1 is 1.24 bits per heavy atom. The smallest absolute Gasteiger partial charge is 0.275 e. The second kappa shape index (κ2) is 9.96. The maximum absolute atomic E-state index is 14.0. The summed E-state index contributed by atoms with van der Waals surface area (Å²) >= 11 is 1.14. The van der Waals surface area contributed by atoms with Crippen LogP contribution in [0.3, 0.4) is 0 Å². The Bertz CT molecular complexity index is 1260. The number of amides is 1. The quantitative estimate of drug-likeness (QED) is 0.542. The summed E-state index contributed by atoms with van der Waals surface area (Å²) in [4.78, 5) is 16.9. The molecule has 0 unspecified atom stereocenters. The van der Waals surface area contributed by atoms with Crippen LogP contribution >= 0.6 is 11.3 Å². The van der Waals surface area contributed by atoms with E-state index in [0.717, 1.165) is 11.3 Å². The van der Waals surface area contributed by atoms with E-state index < -0.39 is 21.7 Å². The molecule has 0 bridgehead atoms. The predicted octanol–water partition coefficient (Wildman–Crippen LogP) is 3.62. The van der Waals surface area contributed by atoms with Crippen molar-refractivity contribution in [1.29, 1.82) is 0 Å². The van der Waals surface area contributed by atoms with Crippen molar-refractivity contribution in [3.8, 4) is 16.3 Å². The zero-order valence-corrected chi connectivity index (χ0v) is 19.4. The van der Waals surface area contributed by atoms with Gasteiger partial charge in [0, 0.05) is 29.7 Å². The SMILES string of the molecule is CCOc1ccc(NC(=O)c2csc(-c3ccccc3F)n2)cc1S(=O)(=O)N1CCOCC1. The first-order valence-corrected chi connectivity index (χ1v) is 12.6. The van der Waals surface area contributed by atoms with E-state index in [1.807, 2.05) is 0 Å². The molecular weight excluding hydrogens is 469 g/mol. The second-order valence-corrected chi connectivity index (χ2v) is 9.85. The molecule has 0 radical (unpaired) electrons. The largest absolute Gasteiger partial charge is 0.492 e. The number of hydrogen-bond acceptors (Lipinski definition) is 7.